The van der Waals surface area contributed by atoms with Crippen molar-refractivity contribution in [1.82, 2.24) is 19.4 Å². The van der Waals surface area contributed by atoms with Gasteiger partial charge in [-0.25, -0.2) is 17.9 Å². The van der Waals surface area contributed by atoms with E-state index in [1.54, 1.807) is 30.1 Å². The van der Waals surface area contributed by atoms with E-state index in [1.165, 1.54) is 16.2 Å². The molecule has 164 valence electrons. The Balaban J connectivity index is 1.84. The second kappa shape index (κ2) is 8.36. The van der Waals surface area contributed by atoms with Gasteiger partial charge in [-0.15, -0.1) is 11.3 Å². The fraction of sp³-hybridized carbons (Fsp3) is 0.500. The molecule has 1 aliphatic rings. The summed E-state index contributed by atoms with van der Waals surface area (Å²) in [4.78, 5) is 28.1. The number of amides is 3. The van der Waals surface area contributed by atoms with E-state index in [0.29, 0.717) is 16.4 Å². The highest BCUT2D eigenvalue weighted by molar-refractivity contribution is 7.89. The largest absolute Gasteiger partial charge is 0.336 e. The average molecular weight is 455 g/mol. The van der Waals surface area contributed by atoms with Gasteiger partial charge in [0.1, 0.15) is 5.00 Å². The van der Waals surface area contributed by atoms with Crippen LogP contribution < -0.4 is 15.4 Å². The zero-order valence-electron chi connectivity index (χ0n) is 17.4. The Labute approximate surface area is 179 Å². The summed E-state index contributed by atoms with van der Waals surface area (Å²) in [7, 11) is -1.64. The standard InChI is InChI=1S/C18H26N6O4S2/c1-18(2,3)13-11-12(16(25)24-8-6-19-30(27,28)10-9-24)15(29-13)21-17(26)20-14-5-7-23(4)22-14/h5,7,11,19H,6,8-10H2,1-4H3,(H2,20,21,22,26). The van der Waals surface area contributed by atoms with Gasteiger partial charge in [0.2, 0.25) is 10.0 Å². The van der Waals surface area contributed by atoms with E-state index < -0.39 is 16.1 Å². The summed E-state index contributed by atoms with van der Waals surface area (Å²) in [5.74, 6) is -0.0779. The molecule has 3 amide bonds. The highest BCUT2D eigenvalue weighted by atomic mass is 32.2. The molecule has 1 aliphatic heterocycles. The van der Waals surface area contributed by atoms with Crippen LogP contribution in [0.1, 0.15) is 36.0 Å². The molecule has 30 heavy (non-hydrogen) atoms. The van der Waals surface area contributed by atoms with Gasteiger partial charge in [-0.1, -0.05) is 20.8 Å². The number of urea groups is 1. The smallest absolute Gasteiger partial charge is 0.325 e. The molecule has 0 atom stereocenters. The molecule has 2 aromatic heterocycles. The number of rotatable bonds is 3. The highest BCUT2D eigenvalue weighted by Gasteiger charge is 2.29. The number of aromatic nitrogens is 2. The molecular weight excluding hydrogens is 428 g/mol. The minimum absolute atomic E-state index is 0.0917. The van der Waals surface area contributed by atoms with Gasteiger partial charge < -0.3 is 4.90 Å². The van der Waals surface area contributed by atoms with Crippen molar-refractivity contribution < 1.29 is 18.0 Å². The fourth-order valence-corrected chi connectivity index (χ4v) is 4.98. The van der Waals surface area contributed by atoms with Gasteiger partial charge >= 0.3 is 6.03 Å². The first-order chi connectivity index (χ1) is 13.9. The number of nitrogens with zero attached hydrogens (tertiary/aromatic N) is 3. The van der Waals surface area contributed by atoms with Crippen LogP contribution in [0.15, 0.2) is 18.3 Å². The summed E-state index contributed by atoms with van der Waals surface area (Å²) in [5.41, 5.74) is 0.126. The first kappa shape index (κ1) is 22.2. The normalized spacial score (nSPS) is 16.7. The van der Waals surface area contributed by atoms with Gasteiger partial charge in [0.25, 0.3) is 5.91 Å². The lowest BCUT2D eigenvalue weighted by molar-refractivity contribution is 0.0773. The van der Waals surface area contributed by atoms with Crippen LogP contribution in [0.4, 0.5) is 15.6 Å². The number of anilines is 2. The summed E-state index contributed by atoms with van der Waals surface area (Å²) in [6.07, 6.45) is 1.70. The van der Waals surface area contributed by atoms with E-state index in [1.807, 2.05) is 20.8 Å². The molecule has 12 heteroatoms. The van der Waals surface area contributed by atoms with Crippen LogP contribution in [0.25, 0.3) is 0 Å². The topological polar surface area (TPSA) is 125 Å². The highest BCUT2D eigenvalue weighted by Crippen LogP contribution is 2.36. The third-order valence-corrected chi connectivity index (χ3v) is 7.35. The Bertz CT molecular complexity index is 1050. The molecule has 3 rings (SSSR count). The van der Waals surface area contributed by atoms with Gasteiger partial charge in [0, 0.05) is 43.8 Å². The van der Waals surface area contributed by atoms with Crippen molar-refractivity contribution in [1.29, 1.82) is 0 Å². The Morgan fingerprint density at radius 2 is 1.97 bits per heavy atom. The maximum absolute atomic E-state index is 13.2. The van der Waals surface area contributed by atoms with Crippen molar-refractivity contribution in [3.05, 3.63) is 28.8 Å². The maximum Gasteiger partial charge on any atom is 0.325 e. The summed E-state index contributed by atoms with van der Waals surface area (Å²) in [5, 5.41) is 9.90. The first-order valence-corrected chi connectivity index (χ1v) is 11.9. The van der Waals surface area contributed by atoms with Crippen LogP contribution >= 0.6 is 11.3 Å². The number of hydrogen-bond acceptors (Lipinski definition) is 6. The van der Waals surface area contributed by atoms with E-state index >= 15 is 0 Å². The van der Waals surface area contributed by atoms with Crippen molar-refractivity contribution in [3.63, 3.8) is 0 Å². The van der Waals surface area contributed by atoms with Crippen molar-refractivity contribution in [2.45, 2.75) is 26.2 Å². The van der Waals surface area contributed by atoms with Crippen LogP contribution in [-0.4, -0.2) is 60.4 Å². The SMILES string of the molecule is Cn1ccc(NC(=O)Nc2sc(C(C)(C)C)cc2C(=O)N2CCNS(=O)(=O)CC2)n1. The minimum Gasteiger partial charge on any atom is -0.336 e. The van der Waals surface area contributed by atoms with E-state index in [4.69, 9.17) is 0 Å². The molecule has 0 saturated carbocycles. The van der Waals surface area contributed by atoms with Crippen LogP contribution in [0.5, 0.6) is 0 Å². The van der Waals surface area contributed by atoms with Crippen molar-refractivity contribution >= 4 is 44.1 Å². The van der Waals surface area contributed by atoms with E-state index in [-0.39, 0.29) is 36.7 Å². The van der Waals surface area contributed by atoms with Crippen LogP contribution in [0.2, 0.25) is 0 Å². The molecule has 1 saturated heterocycles. The Morgan fingerprint density at radius 1 is 1.23 bits per heavy atom. The lowest BCUT2D eigenvalue weighted by Crippen LogP contribution is -2.35. The maximum atomic E-state index is 13.2. The third kappa shape index (κ3) is 5.37. The lowest BCUT2D eigenvalue weighted by atomic mass is 9.94. The number of nitrogens with one attached hydrogen (secondary N) is 3. The second-order valence-electron chi connectivity index (χ2n) is 8.06. The molecule has 0 aromatic carbocycles. The molecular formula is C18H26N6O4S2. The molecule has 3 N–H and O–H groups in total. The van der Waals surface area contributed by atoms with Gasteiger partial charge in [0.05, 0.1) is 11.3 Å². The Morgan fingerprint density at radius 3 is 2.60 bits per heavy atom. The average Bonchev–Trinajstić information content (AvgIpc) is 3.18. The third-order valence-electron chi connectivity index (χ3n) is 4.50. The fourth-order valence-electron chi connectivity index (χ4n) is 2.87. The predicted octanol–water partition coefficient (Wildman–Crippen LogP) is 1.80. The minimum atomic E-state index is -3.38. The van der Waals surface area contributed by atoms with Crippen LogP contribution in [-0.2, 0) is 22.5 Å². The van der Waals surface area contributed by atoms with Gasteiger partial charge in [0.15, 0.2) is 5.82 Å². The van der Waals surface area contributed by atoms with E-state index in [9.17, 15) is 18.0 Å². The quantitative estimate of drug-likeness (QED) is 0.652. The summed E-state index contributed by atoms with van der Waals surface area (Å²) < 4.78 is 27.6. The lowest BCUT2D eigenvalue weighted by Gasteiger charge is -2.19. The molecule has 2 aromatic rings. The number of carbonyl (C=O) groups is 2. The van der Waals surface area contributed by atoms with Crippen LogP contribution in [0, 0.1) is 0 Å². The summed E-state index contributed by atoms with van der Waals surface area (Å²) >= 11 is 1.33. The zero-order chi connectivity index (χ0) is 22.1. The molecule has 0 aliphatic carbocycles. The number of thiophene rings is 1. The molecule has 0 bridgehead atoms. The molecule has 10 nitrogen and oxygen atoms in total. The summed E-state index contributed by atoms with van der Waals surface area (Å²) in [6.45, 7) is 6.58. The van der Waals surface area contributed by atoms with Gasteiger partial charge in [-0.3, -0.25) is 20.1 Å². The van der Waals surface area contributed by atoms with Gasteiger partial charge in [-0.2, -0.15) is 5.10 Å². The monoisotopic (exact) mass is 454 g/mol. The van der Waals surface area contributed by atoms with E-state index in [0.717, 1.165) is 4.88 Å². The number of sulfonamides is 1. The van der Waals surface area contributed by atoms with E-state index in [2.05, 4.69) is 20.5 Å². The van der Waals surface area contributed by atoms with Crippen molar-refractivity contribution in [3.8, 4) is 0 Å². The zero-order valence-corrected chi connectivity index (χ0v) is 19.0. The number of carbonyl (C=O) groups excluding carboxylic acids is 2. The summed E-state index contributed by atoms with van der Waals surface area (Å²) in [6, 6.07) is 2.92. The Kier molecular flexibility index (Phi) is 6.20. The number of hydrogen-bond donors (Lipinski definition) is 3. The van der Waals surface area contributed by atoms with Crippen molar-refractivity contribution in [2.75, 3.05) is 36.0 Å². The second-order valence-corrected chi connectivity index (χ2v) is 11.0. The molecule has 0 spiro atoms. The number of aryl methyl sites for hydroxylation is 1. The molecule has 1 fully saturated rings. The molecule has 3 heterocycles. The van der Waals surface area contributed by atoms with Crippen LogP contribution in [0.3, 0.4) is 0 Å². The van der Waals surface area contributed by atoms with Crippen molar-refractivity contribution in [2.24, 2.45) is 7.05 Å². The predicted molar refractivity (Wildman–Crippen MR) is 117 cm³/mol. The molecule has 0 radical (unpaired) electrons. The Hall–Kier alpha value is -2.44. The van der Waals surface area contributed by atoms with Gasteiger partial charge in [-0.05, 0) is 11.5 Å². The first-order valence-electron chi connectivity index (χ1n) is 9.43. The molecule has 0 unspecified atom stereocenters.